The highest BCUT2D eigenvalue weighted by Gasteiger charge is 2.38. The molecule has 1 aromatic rings. The van der Waals surface area contributed by atoms with Gasteiger partial charge in [0.2, 0.25) is 15.9 Å². The highest BCUT2D eigenvalue weighted by molar-refractivity contribution is 7.89. The van der Waals surface area contributed by atoms with Crippen molar-refractivity contribution < 1.29 is 13.2 Å². The normalized spacial score (nSPS) is 27.7. The van der Waals surface area contributed by atoms with Crippen LogP contribution in [-0.2, 0) is 14.8 Å². The van der Waals surface area contributed by atoms with Crippen LogP contribution in [0.3, 0.4) is 0 Å². The zero-order valence-corrected chi connectivity index (χ0v) is 11.8. The van der Waals surface area contributed by atoms with Gasteiger partial charge >= 0.3 is 0 Å². The van der Waals surface area contributed by atoms with Gasteiger partial charge in [-0.1, -0.05) is 0 Å². The van der Waals surface area contributed by atoms with Crippen LogP contribution in [-0.4, -0.2) is 42.7 Å². The first-order valence-electron chi connectivity index (χ1n) is 6.77. The van der Waals surface area contributed by atoms with Gasteiger partial charge in [0, 0.05) is 37.9 Å². The molecule has 1 N–H and O–H groups in total. The topological polar surface area (TPSA) is 79.4 Å². The number of rotatable bonds is 2. The van der Waals surface area contributed by atoms with Crippen molar-refractivity contribution in [3.63, 3.8) is 0 Å². The molecule has 3 rings (SSSR count). The van der Waals surface area contributed by atoms with E-state index in [9.17, 15) is 13.2 Å². The molecule has 2 fully saturated rings. The number of hydrogen-bond donors (Lipinski definition) is 1. The predicted octanol–water partition coefficient (Wildman–Crippen LogP) is 0.371. The molecule has 0 bridgehead atoms. The van der Waals surface area contributed by atoms with E-state index < -0.39 is 10.0 Å². The lowest BCUT2D eigenvalue weighted by atomic mass is 9.86. The second-order valence-corrected chi connectivity index (χ2v) is 7.25. The summed E-state index contributed by atoms with van der Waals surface area (Å²) in [5.41, 5.74) is 0. The quantitative estimate of drug-likeness (QED) is 0.855. The minimum atomic E-state index is -3.47. The molecular formula is C13H17N3O3S. The Hall–Kier alpha value is -1.47. The standard InChI is InChI=1S/C13H17N3O3S/c17-13-4-3-10-9-16(7-5-12(10)15-13)20(18,19)11-2-1-6-14-8-11/h1-2,6,8,10,12H,3-5,7,9H2,(H,15,17). The van der Waals surface area contributed by atoms with Crippen molar-refractivity contribution in [3.05, 3.63) is 24.5 Å². The number of nitrogens with zero attached hydrogens (tertiary/aromatic N) is 2. The lowest BCUT2D eigenvalue weighted by Crippen LogP contribution is -2.54. The van der Waals surface area contributed by atoms with Crippen molar-refractivity contribution in [2.45, 2.75) is 30.2 Å². The number of aromatic nitrogens is 1. The molecule has 2 saturated heterocycles. The number of hydrogen-bond acceptors (Lipinski definition) is 4. The van der Waals surface area contributed by atoms with E-state index in [2.05, 4.69) is 10.3 Å². The largest absolute Gasteiger partial charge is 0.353 e. The van der Waals surface area contributed by atoms with Gasteiger partial charge in [0.05, 0.1) is 0 Å². The molecule has 1 aromatic heterocycles. The molecule has 2 unspecified atom stereocenters. The van der Waals surface area contributed by atoms with Crippen LogP contribution in [0.1, 0.15) is 19.3 Å². The number of nitrogens with one attached hydrogen (secondary N) is 1. The van der Waals surface area contributed by atoms with E-state index in [1.165, 1.54) is 10.5 Å². The van der Waals surface area contributed by atoms with E-state index in [1.54, 1.807) is 18.3 Å². The van der Waals surface area contributed by atoms with E-state index in [0.717, 1.165) is 6.42 Å². The zero-order valence-electron chi connectivity index (χ0n) is 11.0. The van der Waals surface area contributed by atoms with E-state index in [1.807, 2.05) is 0 Å². The summed E-state index contributed by atoms with van der Waals surface area (Å²) in [7, 11) is -3.47. The second-order valence-electron chi connectivity index (χ2n) is 5.31. The van der Waals surface area contributed by atoms with Crippen molar-refractivity contribution in [2.24, 2.45) is 5.92 Å². The maximum Gasteiger partial charge on any atom is 0.244 e. The minimum absolute atomic E-state index is 0.0785. The summed E-state index contributed by atoms with van der Waals surface area (Å²) in [4.78, 5) is 15.5. The maximum absolute atomic E-state index is 12.5. The molecule has 0 aliphatic carbocycles. The Labute approximate surface area is 118 Å². The van der Waals surface area contributed by atoms with Gasteiger partial charge in [-0.3, -0.25) is 9.78 Å². The lowest BCUT2D eigenvalue weighted by molar-refractivity contribution is -0.124. The highest BCUT2D eigenvalue weighted by atomic mass is 32.2. The third kappa shape index (κ3) is 2.43. The molecule has 2 atom stereocenters. The molecule has 3 heterocycles. The fourth-order valence-corrected chi connectivity index (χ4v) is 4.42. The smallest absolute Gasteiger partial charge is 0.244 e. The number of carbonyl (C=O) groups is 1. The monoisotopic (exact) mass is 295 g/mol. The average molecular weight is 295 g/mol. The summed E-state index contributed by atoms with van der Waals surface area (Å²) in [5, 5.41) is 2.96. The first-order chi connectivity index (χ1) is 9.57. The molecule has 2 aliphatic heterocycles. The fourth-order valence-electron chi connectivity index (χ4n) is 2.94. The van der Waals surface area contributed by atoms with Gasteiger partial charge in [-0.15, -0.1) is 0 Å². The van der Waals surface area contributed by atoms with E-state index in [-0.39, 0.29) is 22.8 Å². The average Bonchev–Trinajstić information content (AvgIpc) is 2.47. The lowest BCUT2D eigenvalue weighted by Gasteiger charge is -2.40. The van der Waals surface area contributed by atoms with Gasteiger partial charge in [0.15, 0.2) is 0 Å². The van der Waals surface area contributed by atoms with Gasteiger partial charge in [-0.05, 0) is 30.9 Å². The zero-order chi connectivity index (χ0) is 14.2. The van der Waals surface area contributed by atoms with Crippen LogP contribution in [0.5, 0.6) is 0 Å². The number of pyridine rings is 1. The van der Waals surface area contributed by atoms with Gasteiger partial charge in [-0.25, -0.2) is 8.42 Å². The molecule has 20 heavy (non-hydrogen) atoms. The minimum Gasteiger partial charge on any atom is -0.353 e. The number of sulfonamides is 1. The van der Waals surface area contributed by atoms with Crippen molar-refractivity contribution in [1.82, 2.24) is 14.6 Å². The van der Waals surface area contributed by atoms with Gasteiger partial charge in [0.1, 0.15) is 4.90 Å². The molecule has 0 spiro atoms. The van der Waals surface area contributed by atoms with Crippen molar-refractivity contribution >= 4 is 15.9 Å². The fraction of sp³-hybridized carbons (Fsp3) is 0.538. The van der Waals surface area contributed by atoms with Gasteiger partial charge in [-0.2, -0.15) is 4.31 Å². The number of amides is 1. The molecule has 6 nitrogen and oxygen atoms in total. The molecule has 0 saturated carbocycles. The van der Waals surface area contributed by atoms with Crippen molar-refractivity contribution in [2.75, 3.05) is 13.1 Å². The molecule has 0 radical (unpaired) electrons. The molecule has 2 aliphatic rings. The summed E-state index contributed by atoms with van der Waals surface area (Å²) in [5.74, 6) is 0.294. The van der Waals surface area contributed by atoms with Crippen LogP contribution < -0.4 is 5.32 Å². The molecule has 0 aromatic carbocycles. The van der Waals surface area contributed by atoms with E-state index in [4.69, 9.17) is 0 Å². The van der Waals surface area contributed by atoms with Gasteiger partial charge < -0.3 is 5.32 Å². The third-order valence-electron chi connectivity index (χ3n) is 4.06. The Morgan fingerprint density at radius 2 is 2.20 bits per heavy atom. The molecule has 108 valence electrons. The van der Waals surface area contributed by atoms with Crippen LogP contribution in [0.2, 0.25) is 0 Å². The Bertz CT molecular complexity index is 603. The highest BCUT2D eigenvalue weighted by Crippen LogP contribution is 2.28. The molecular weight excluding hydrogens is 278 g/mol. The summed E-state index contributed by atoms with van der Waals surface area (Å²) in [6.07, 6.45) is 4.86. The summed E-state index contributed by atoms with van der Waals surface area (Å²) in [6.45, 7) is 0.918. The van der Waals surface area contributed by atoms with Crippen LogP contribution >= 0.6 is 0 Å². The Morgan fingerprint density at radius 3 is 2.95 bits per heavy atom. The van der Waals surface area contributed by atoms with Crippen LogP contribution in [0.15, 0.2) is 29.4 Å². The Balaban J connectivity index is 1.78. The Kier molecular flexibility index (Phi) is 3.47. The van der Waals surface area contributed by atoms with E-state index >= 15 is 0 Å². The maximum atomic E-state index is 12.5. The first kappa shape index (κ1) is 13.5. The predicted molar refractivity (Wildman–Crippen MR) is 72.3 cm³/mol. The van der Waals surface area contributed by atoms with E-state index in [0.29, 0.717) is 25.9 Å². The van der Waals surface area contributed by atoms with Crippen molar-refractivity contribution in [3.8, 4) is 0 Å². The Morgan fingerprint density at radius 1 is 1.35 bits per heavy atom. The first-order valence-corrected chi connectivity index (χ1v) is 8.21. The summed E-state index contributed by atoms with van der Waals surface area (Å²) in [6, 6.07) is 3.31. The van der Waals surface area contributed by atoms with Gasteiger partial charge in [0.25, 0.3) is 0 Å². The summed E-state index contributed by atoms with van der Waals surface area (Å²) >= 11 is 0. The number of fused-ring (bicyclic) bond motifs is 1. The summed E-state index contributed by atoms with van der Waals surface area (Å²) < 4.78 is 26.6. The SMILES string of the molecule is O=C1CCC2CN(S(=O)(=O)c3cccnc3)CCC2N1. The van der Waals surface area contributed by atoms with Crippen LogP contribution in [0.25, 0.3) is 0 Å². The van der Waals surface area contributed by atoms with Crippen molar-refractivity contribution in [1.29, 1.82) is 0 Å². The molecule has 7 heteroatoms. The molecule has 1 amide bonds. The second kappa shape index (κ2) is 5.14. The van der Waals surface area contributed by atoms with Crippen LogP contribution in [0.4, 0.5) is 0 Å². The number of carbonyl (C=O) groups excluding carboxylic acids is 1. The third-order valence-corrected chi connectivity index (χ3v) is 5.91. The number of piperidine rings is 2. The van der Waals surface area contributed by atoms with Crippen LogP contribution in [0, 0.1) is 5.92 Å².